The lowest BCUT2D eigenvalue weighted by molar-refractivity contribution is 0.578. The van der Waals surface area contributed by atoms with Crippen molar-refractivity contribution in [2.24, 2.45) is 0 Å². The molecule has 0 amide bonds. The third kappa shape index (κ3) is 1.96. The second-order valence-corrected chi connectivity index (χ2v) is 3.15. The number of hydrogen-bond acceptors (Lipinski definition) is 2. The lowest BCUT2D eigenvalue weighted by atomic mass is 10.2. The Morgan fingerprint density at radius 3 is 2.80 bits per heavy atom. The van der Waals surface area contributed by atoms with Crippen LogP contribution in [0.4, 0.5) is 14.7 Å². The Morgan fingerprint density at radius 1 is 1.33 bits per heavy atom. The predicted molar refractivity (Wildman–Crippen MR) is 52.1 cm³/mol. The first kappa shape index (κ1) is 9.64. The van der Waals surface area contributed by atoms with Crippen molar-refractivity contribution in [3.05, 3.63) is 47.8 Å². The van der Waals surface area contributed by atoms with Gasteiger partial charge in [-0.3, -0.25) is 0 Å². The lowest BCUT2D eigenvalue weighted by Crippen LogP contribution is -2.05. The highest BCUT2D eigenvalue weighted by molar-refractivity contribution is 5.23. The van der Waals surface area contributed by atoms with Crippen LogP contribution in [-0.4, -0.2) is 9.55 Å². The standard InChI is InChI=1S/C10H9F2N3/c11-8-1-2-9(12)7(5-8)6-15-4-3-14-10(15)13/h1-5H,6H2,(H2,13,14). The largest absolute Gasteiger partial charge is 0.369 e. The fourth-order valence-electron chi connectivity index (χ4n) is 1.32. The highest BCUT2D eigenvalue weighted by Gasteiger charge is 2.06. The van der Waals surface area contributed by atoms with Crippen molar-refractivity contribution in [3.63, 3.8) is 0 Å². The Labute approximate surface area is 85.2 Å². The minimum atomic E-state index is -0.468. The van der Waals surface area contributed by atoms with E-state index >= 15 is 0 Å². The van der Waals surface area contributed by atoms with Crippen molar-refractivity contribution in [2.75, 3.05) is 5.73 Å². The van der Waals surface area contributed by atoms with Crippen LogP contribution in [0.3, 0.4) is 0 Å². The highest BCUT2D eigenvalue weighted by atomic mass is 19.1. The number of halogens is 2. The van der Waals surface area contributed by atoms with Gasteiger partial charge >= 0.3 is 0 Å². The molecule has 3 nitrogen and oxygen atoms in total. The maximum Gasteiger partial charge on any atom is 0.200 e. The summed E-state index contributed by atoms with van der Waals surface area (Å²) in [4.78, 5) is 3.79. The molecule has 15 heavy (non-hydrogen) atoms. The van der Waals surface area contributed by atoms with E-state index in [0.717, 1.165) is 18.2 Å². The number of hydrogen-bond donors (Lipinski definition) is 1. The molecule has 0 saturated carbocycles. The van der Waals surface area contributed by atoms with Crippen molar-refractivity contribution < 1.29 is 8.78 Å². The zero-order valence-electron chi connectivity index (χ0n) is 7.82. The van der Waals surface area contributed by atoms with Crippen molar-refractivity contribution in [2.45, 2.75) is 6.54 Å². The van der Waals surface area contributed by atoms with E-state index in [1.54, 1.807) is 6.20 Å². The molecule has 0 aliphatic carbocycles. The lowest BCUT2D eigenvalue weighted by Gasteiger charge is -2.05. The number of nitrogens with two attached hydrogens (primary N) is 1. The Hall–Kier alpha value is -1.91. The van der Waals surface area contributed by atoms with Gasteiger partial charge in [-0.25, -0.2) is 13.8 Å². The van der Waals surface area contributed by atoms with Gasteiger partial charge in [0.1, 0.15) is 11.6 Å². The van der Waals surface area contributed by atoms with Gasteiger partial charge in [0.05, 0.1) is 6.54 Å². The molecule has 78 valence electrons. The Balaban J connectivity index is 2.32. The molecular formula is C10H9F2N3. The Morgan fingerprint density at radius 2 is 2.13 bits per heavy atom. The van der Waals surface area contributed by atoms with Crippen molar-refractivity contribution in [1.82, 2.24) is 9.55 Å². The summed E-state index contributed by atoms with van der Waals surface area (Å²) in [6.07, 6.45) is 3.12. The highest BCUT2D eigenvalue weighted by Crippen LogP contribution is 2.12. The summed E-state index contributed by atoms with van der Waals surface area (Å²) < 4.78 is 27.6. The molecule has 0 saturated heterocycles. The summed E-state index contributed by atoms with van der Waals surface area (Å²) in [7, 11) is 0. The molecule has 0 radical (unpaired) electrons. The summed E-state index contributed by atoms with van der Waals surface area (Å²) in [5, 5.41) is 0. The quantitative estimate of drug-likeness (QED) is 0.819. The predicted octanol–water partition coefficient (Wildman–Crippen LogP) is 1.79. The van der Waals surface area contributed by atoms with Gasteiger partial charge in [0, 0.05) is 18.0 Å². The molecule has 0 unspecified atom stereocenters. The van der Waals surface area contributed by atoms with Gasteiger partial charge in [0.2, 0.25) is 0 Å². The Bertz CT molecular complexity index is 479. The second kappa shape index (κ2) is 3.68. The molecule has 0 fully saturated rings. The van der Waals surface area contributed by atoms with E-state index in [0.29, 0.717) is 0 Å². The SMILES string of the molecule is Nc1nccn1Cc1cc(F)ccc1F. The number of nitrogen functional groups attached to an aromatic ring is 1. The molecule has 2 rings (SSSR count). The molecule has 0 spiro atoms. The molecule has 2 N–H and O–H groups in total. The normalized spacial score (nSPS) is 10.5. The third-order valence-corrected chi connectivity index (χ3v) is 2.10. The first-order valence-corrected chi connectivity index (χ1v) is 4.37. The van der Waals surface area contributed by atoms with E-state index in [4.69, 9.17) is 5.73 Å². The smallest absolute Gasteiger partial charge is 0.200 e. The van der Waals surface area contributed by atoms with Gasteiger partial charge in [-0.1, -0.05) is 0 Å². The average molecular weight is 209 g/mol. The monoisotopic (exact) mass is 209 g/mol. The molecular weight excluding hydrogens is 200 g/mol. The van der Waals surface area contributed by atoms with Crippen LogP contribution in [0.15, 0.2) is 30.6 Å². The van der Waals surface area contributed by atoms with Crippen LogP contribution in [0.5, 0.6) is 0 Å². The van der Waals surface area contributed by atoms with Crippen LogP contribution in [0.1, 0.15) is 5.56 Å². The molecule has 1 aromatic heterocycles. The van der Waals surface area contributed by atoms with E-state index in [9.17, 15) is 8.78 Å². The van der Waals surface area contributed by atoms with Crippen LogP contribution in [0.2, 0.25) is 0 Å². The Kier molecular flexibility index (Phi) is 2.37. The molecule has 0 aliphatic rings. The molecule has 1 heterocycles. The summed E-state index contributed by atoms with van der Waals surface area (Å²) in [6, 6.07) is 3.32. The molecule has 0 bridgehead atoms. The van der Waals surface area contributed by atoms with Crippen molar-refractivity contribution in [1.29, 1.82) is 0 Å². The minimum absolute atomic E-state index is 0.176. The van der Waals surface area contributed by atoms with Crippen LogP contribution in [0.25, 0.3) is 0 Å². The molecule has 0 aliphatic heterocycles. The fourth-order valence-corrected chi connectivity index (χ4v) is 1.32. The number of nitrogens with zero attached hydrogens (tertiary/aromatic N) is 2. The second-order valence-electron chi connectivity index (χ2n) is 3.15. The van der Waals surface area contributed by atoms with Crippen molar-refractivity contribution in [3.8, 4) is 0 Å². The number of imidazole rings is 1. The van der Waals surface area contributed by atoms with E-state index < -0.39 is 11.6 Å². The average Bonchev–Trinajstić information content (AvgIpc) is 2.58. The fraction of sp³-hybridized carbons (Fsp3) is 0.100. The van der Waals surface area contributed by atoms with E-state index in [-0.39, 0.29) is 18.1 Å². The van der Waals surface area contributed by atoms with Crippen LogP contribution < -0.4 is 5.73 Å². The molecule has 1 aromatic carbocycles. The first-order valence-electron chi connectivity index (χ1n) is 4.37. The number of aromatic nitrogens is 2. The van der Waals surface area contributed by atoms with Gasteiger partial charge in [-0.2, -0.15) is 0 Å². The van der Waals surface area contributed by atoms with Gasteiger partial charge < -0.3 is 10.3 Å². The molecule has 0 atom stereocenters. The van der Waals surface area contributed by atoms with E-state index in [1.807, 2.05) is 0 Å². The van der Waals surface area contributed by atoms with Crippen LogP contribution in [-0.2, 0) is 6.54 Å². The molecule has 2 aromatic rings. The zero-order chi connectivity index (χ0) is 10.8. The van der Waals surface area contributed by atoms with Gasteiger partial charge in [0.15, 0.2) is 5.95 Å². The topological polar surface area (TPSA) is 43.8 Å². The van der Waals surface area contributed by atoms with Gasteiger partial charge in [0.25, 0.3) is 0 Å². The summed E-state index contributed by atoms with van der Waals surface area (Å²) in [5.74, 6) is -0.645. The maximum absolute atomic E-state index is 13.3. The zero-order valence-corrected chi connectivity index (χ0v) is 7.82. The van der Waals surface area contributed by atoms with Crippen molar-refractivity contribution >= 4 is 5.95 Å². The number of anilines is 1. The number of rotatable bonds is 2. The van der Waals surface area contributed by atoms with Crippen LogP contribution >= 0.6 is 0 Å². The van der Waals surface area contributed by atoms with E-state index in [2.05, 4.69) is 4.98 Å². The summed E-state index contributed by atoms with van der Waals surface area (Å²) in [5.41, 5.74) is 5.76. The summed E-state index contributed by atoms with van der Waals surface area (Å²) >= 11 is 0. The maximum atomic E-state index is 13.3. The number of benzene rings is 1. The molecule has 5 heteroatoms. The summed E-state index contributed by atoms with van der Waals surface area (Å²) in [6.45, 7) is 0.176. The van der Waals surface area contributed by atoms with E-state index in [1.165, 1.54) is 10.8 Å². The minimum Gasteiger partial charge on any atom is -0.369 e. The first-order chi connectivity index (χ1) is 7.16. The van der Waals surface area contributed by atoms with Gasteiger partial charge in [-0.05, 0) is 18.2 Å². The van der Waals surface area contributed by atoms with Gasteiger partial charge in [-0.15, -0.1) is 0 Å². The van der Waals surface area contributed by atoms with Crippen LogP contribution in [0, 0.1) is 11.6 Å². The third-order valence-electron chi connectivity index (χ3n) is 2.10.